The van der Waals surface area contributed by atoms with Crippen LogP contribution in [0.4, 0.5) is 9.18 Å². The molecule has 0 bridgehead atoms. The average Bonchev–Trinajstić information content (AvgIpc) is 2.55. The highest BCUT2D eigenvalue weighted by Gasteiger charge is 2.19. The first-order valence-electron chi connectivity index (χ1n) is 7.58. The number of hydrogen-bond donors (Lipinski definition) is 1. The normalized spacial score (nSPS) is 15.6. The van der Waals surface area contributed by atoms with Gasteiger partial charge in [-0.2, -0.15) is 0 Å². The van der Waals surface area contributed by atoms with Crippen LogP contribution in [0.3, 0.4) is 0 Å². The molecule has 0 saturated carbocycles. The molecule has 0 aliphatic carbocycles. The molecule has 1 aromatic carbocycles. The number of carbonyl (C=O) groups is 2. The fraction of sp³-hybridized carbons (Fsp3) is 0.500. The van der Waals surface area contributed by atoms with Crippen LogP contribution in [-0.4, -0.2) is 61.4 Å². The first-order valence-corrected chi connectivity index (χ1v) is 7.58. The molecular formula is C16H22FN3O2. The fourth-order valence-corrected chi connectivity index (χ4v) is 2.58. The van der Waals surface area contributed by atoms with Crippen molar-refractivity contribution in [2.75, 3.05) is 39.8 Å². The van der Waals surface area contributed by atoms with Gasteiger partial charge in [0.1, 0.15) is 5.82 Å². The van der Waals surface area contributed by atoms with Crippen molar-refractivity contribution in [1.82, 2.24) is 15.1 Å². The van der Waals surface area contributed by atoms with Crippen LogP contribution in [-0.2, 0) is 0 Å². The van der Waals surface area contributed by atoms with Gasteiger partial charge in [-0.3, -0.25) is 9.69 Å². The van der Waals surface area contributed by atoms with Crippen molar-refractivity contribution in [3.8, 4) is 0 Å². The molecule has 0 radical (unpaired) electrons. The molecule has 1 aliphatic rings. The Hall–Kier alpha value is -1.95. The van der Waals surface area contributed by atoms with E-state index < -0.39 is 0 Å². The molecular weight excluding hydrogens is 285 g/mol. The van der Waals surface area contributed by atoms with E-state index in [4.69, 9.17) is 0 Å². The standard InChI is InChI=1S/C16H22FN3O2/c1-18-16(22)20-11-9-19(10-12-20)8-2-3-15(21)13-4-6-14(17)7-5-13/h4-7H,2-3,8-12H2,1H3,(H,18,22). The maximum absolute atomic E-state index is 12.8. The highest BCUT2D eigenvalue weighted by molar-refractivity contribution is 5.95. The minimum Gasteiger partial charge on any atom is -0.341 e. The van der Waals surface area contributed by atoms with E-state index in [1.54, 1.807) is 11.9 Å². The third-order valence-corrected chi connectivity index (χ3v) is 3.92. The molecule has 0 aromatic heterocycles. The van der Waals surface area contributed by atoms with Crippen molar-refractivity contribution in [3.05, 3.63) is 35.6 Å². The number of nitrogens with one attached hydrogen (secondary N) is 1. The second-order valence-electron chi connectivity index (χ2n) is 5.42. The lowest BCUT2D eigenvalue weighted by atomic mass is 10.1. The Morgan fingerprint density at radius 1 is 1.14 bits per heavy atom. The minimum atomic E-state index is -0.328. The van der Waals surface area contributed by atoms with Gasteiger partial charge in [-0.05, 0) is 37.2 Å². The molecule has 5 nitrogen and oxygen atoms in total. The van der Waals surface area contributed by atoms with Gasteiger partial charge in [0.15, 0.2) is 5.78 Å². The Kier molecular flexibility index (Phi) is 5.89. The van der Waals surface area contributed by atoms with Crippen LogP contribution < -0.4 is 5.32 Å². The van der Waals surface area contributed by atoms with Gasteiger partial charge in [-0.1, -0.05) is 0 Å². The first kappa shape index (κ1) is 16.4. The molecule has 22 heavy (non-hydrogen) atoms. The molecule has 1 heterocycles. The molecule has 1 saturated heterocycles. The van der Waals surface area contributed by atoms with Gasteiger partial charge in [-0.25, -0.2) is 9.18 Å². The summed E-state index contributed by atoms with van der Waals surface area (Å²) in [7, 11) is 1.63. The highest BCUT2D eigenvalue weighted by atomic mass is 19.1. The predicted octanol–water partition coefficient (Wildman–Crippen LogP) is 1.75. The quantitative estimate of drug-likeness (QED) is 0.843. The zero-order chi connectivity index (χ0) is 15.9. The molecule has 1 aromatic rings. The van der Waals surface area contributed by atoms with Crippen molar-refractivity contribution in [1.29, 1.82) is 0 Å². The van der Waals surface area contributed by atoms with Gasteiger partial charge in [0.25, 0.3) is 0 Å². The maximum Gasteiger partial charge on any atom is 0.317 e. The Labute approximate surface area is 130 Å². The molecule has 1 N–H and O–H groups in total. The monoisotopic (exact) mass is 307 g/mol. The van der Waals surface area contributed by atoms with Gasteiger partial charge in [0, 0.05) is 45.2 Å². The number of hydrogen-bond acceptors (Lipinski definition) is 3. The third kappa shape index (κ3) is 4.53. The number of halogens is 1. The lowest BCUT2D eigenvalue weighted by molar-refractivity contribution is 0.0968. The number of rotatable bonds is 5. The van der Waals surface area contributed by atoms with Crippen molar-refractivity contribution in [2.24, 2.45) is 0 Å². The van der Waals surface area contributed by atoms with E-state index in [1.807, 2.05) is 0 Å². The van der Waals surface area contributed by atoms with Crippen LogP contribution in [0, 0.1) is 5.82 Å². The van der Waals surface area contributed by atoms with Crippen molar-refractivity contribution < 1.29 is 14.0 Å². The number of carbonyl (C=O) groups excluding carboxylic acids is 2. The minimum absolute atomic E-state index is 0.0360. The number of urea groups is 1. The Morgan fingerprint density at radius 3 is 2.36 bits per heavy atom. The second kappa shape index (κ2) is 7.89. The molecule has 2 amide bonds. The van der Waals surface area contributed by atoms with Crippen LogP contribution in [0.15, 0.2) is 24.3 Å². The van der Waals surface area contributed by atoms with Gasteiger partial charge in [-0.15, -0.1) is 0 Å². The van der Waals surface area contributed by atoms with Crippen LogP contribution in [0.25, 0.3) is 0 Å². The molecule has 120 valence electrons. The Bertz CT molecular complexity index is 511. The second-order valence-corrected chi connectivity index (χ2v) is 5.42. The van der Waals surface area contributed by atoms with Gasteiger partial charge >= 0.3 is 6.03 Å². The smallest absolute Gasteiger partial charge is 0.317 e. The van der Waals surface area contributed by atoms with Crippen LogP contribution in [0.2, 0.25) is 0 Å². The zero-order valence-corrected chi connectivity index (χ0v) is 12.8. The first-order chi connectivity index (χ1) is 10.6. The summed E-state index contributed by atoms with van der Waals surface area (Å²) in [5.74, 6) is -0.283. The van der Waals surface area contributed by atoms with Crippen molar-refractivity contribution in [2.45, 2.75) is 12.8 Å². The number of piperazine rings is 1. The van der Waals surface area contributed by atoms with Crippen LogP contribution in [0.1, 0.15) is 23.2 Å². The summed E-state index contributed by atoms with van der Waals surface area (Å²) >= 11 is 0. The van der Waals surface area contributed by atoms with E-state index in [2.05, 4.69) is 10.2 Å². The van der Waals surface area contributed by atoms with Crippen molar-refractivity contribution >= 4 is 11.8 Å². The van der Waals surface area contributed by atoms with E-state index in [-0.39, 0.29) is 17.6 Å². The number of benzene rings is 1. The predicted molar refractivity (Wildman–Crippen MR) is 82.4 cm³/mol. The fourth-order valence-electron chi connectivity index (χ4n) is 2.58. The molecule has 1 aliphatic heterocycles. The lowest BCUT2D eigenvalue weighted by Gasteiger charge is -2.34. The summed E-state index contributed by atoms with van der Waals surface area (Å²) in [6.07, 6.45) is 1.23. The Morgan fingerprint density at radius 2 is 1.77 bits per heavy atom. The van der Waals surface area contributed by atoms with Gasteiger partial charge in [0.05, 0.1) is 0 Å². The largest absolute Gasteiger partial charge is 0.341 e. The molecule has 0 unspecified atom stereocenters. The average molecular weight is 307 g/mol. The lowest BCUT2D eigenvalue weighted by Crippen LogP contribution is -2.51. The molecule has 1 fully saturated rings. The van der Waals surface area contributed by atoms with E-state index in [9.17, 15) is 14.0 Å². The van der Waals surface area contributed by atoms with E-state index >= 15 is 0 Å². The van der Waals surface area contributed by atoms with E-state index in [1.165, 1.54) is 24.3 Å². The molecule has 0 atom stereocenters. The number of ketones is 1. The van der Waals surface area contributed by atoms with Crippen LogP contribution in [0.5, 0.6) is 0 Å². The molecule has 6 heteroatoms. The summed E-state index contributed by atoms with van der Waals surface area (Å²) in [5, 5.41) is 2.63. The summed E-state index contributed by atoms with van der Waals surface area (Å²) < 4.78 is 12.8. The van der Waals surface area contributed by atoms with Gasteiger partial charge < -0.3 is 10.2 Å². The van der Waals surface area contributed by atoms with E-state index in [0.29, 0.717) is 25.1 Å². The summed E-state index contributed by atoms with van der Waals surface area (Å²) in [6.45, 7) is 3.93. The molecule has 2 rings (SSSR count). The topological polar surface area (TPSA) is 52.7 Å². The SMILES string of the molecule is CNC(=O)N1CCN(CCCC(=O)c2ccc(F)cc2)CC1. The Balaban J connectivity index is 1.68. The summed E-state index contributed by atoms with van der Waals surface area (Å²) in [6, 6.07) is 5.64. The summed E-state index contributed by atoms with van der Waals surface area (Å²) in [4.78, 5) is 27.5. The van der Waals surface area contributed by atoms with Gasteiger partial charge in [0.2, 0.25) is 0 Å². The zero-order valence-electron chi connectivity index (χ0n) is 12.8. The van der Waals surface area contributed by atoms with Crippen molar-refractivity contribution in [3.63, 3.8) is 0 Å². The molecule has 0 spiro atoms. The maximum atomic E-state index is 12.8. The van der Waals surface area contributed by atoms with E-state index in [0.717, 1.165) is 26.1 Å². The number of Topliss-reactive ketones (excluding diaryl/α,β-unsaturated/α-hetero) is 1. The number of amides is 2. The summed E-state index contributed by atoms with van der Waals surface area (Å²) in [5.41, 5.74) is 0.561. The number of nitrogens with zero attached hydrogens (tertiary/aromatic N) is 2. The van der Waals surface area contributed by atoms with Crippen LogP contribution >= 0.6 is 0 Å². The third-order valence-electron chi connectivity index (χ3n) is 3.92. The highest BCUT2D eigenvalue weighted by Crippen LogP contribution is 2.09.